The van der Waals surface area contributed by atoms with E-state index in [1.54, 1.807) is 0 Å². The molecule has 1 rings (SSSR count). The molecule has 0 aromatic carbocycles. The van der Waals surface area contributed by atoms with Gasteiger partial charge < -0.3 is 5.32 Å². The first kappa shape index (κ1) is 8.50. The van der Waals surface area contributed by atoms with E-state index in [2.05, 4.69) is 10.3 Å². The van der Waals surface area contributed by atoms with Crippen molar-refractivity contribution in [3.8, 4) is 0 Å². The molecule has 0 spiro atoms. The SMILES string of the molecule is CNCc1ncc(C)cc1Cl. The first-order valence-electron chi connectivity index (χ1n) is 3.49. The summed E-state index contributed by atoms with van der Waals surface area (Å²) in [6, 6.07) is 1.92. The van der Waals surface area contributed by atoms with E-state index in [-0.39, 0.29) is 0 Å². The highest BCUT2D eigenvalue weighted by Gasteiger charge is 1.99. The van der Waals surface area contributed by atoms with Crippen molar-refractivity contribution in [2.45, 2.75) is 13.5 Å². The summed E-state index contributed by atoms with van der Waals surface area (Å²) in [5.74, 6) is 0. The van der Waals surface area contributed by atoms with Gasteiger partial charge in [0.2, 0.25) is 0 Å². The van der Waals surface area contributed by atoms with Gasteiger partial charge in [-0.25, -0.2) is 0 Å². The van der Waals surface area contributed by atoms with Crippen LogP contribution in [-0.4, -0.2) is 12.0 Å². The van der Waals surface area contributed by atoms with Gasteiger partial charge in [0, 0.05) is 12.7 Å². The molecule has 60 valence electrons. The predicted molar refractivity (Wildman–Crippen MR) is 46.7 cm³/mol. The quantitative estimate of drug-likeness (QED) is 0.732. The van der Waals surface area contributed by atoms with Crippen LogP contribution in [0.4, 0.5) is 0 Å². The number of aryl methyl sites for hydroxylation is 1. The molecule has 1 aromatic heterocycles. The van der Waals surface area contributed by atoms with E-state index in [0.29, 0.717) is 0 Å². The van der Waals surface area contributed by atoms with Crippen molar-refractivity contribution < 1.29 is 0 Å². The van der Waals surface area contributed by atoms with E-state index in [9.17, 15) is 0 Å². The Morgan fingerprint density at radius 2 is 2.36 bits per heavy atom. The number of aromatic nitrogens is 1. The highest BCUT2D eigenvalue weighted by atomic mass is 35.5. The zero-order valence-corrected chi connectivity index (χ0v) is 7.44. The van der Waals surface area contributed by atoms with E-state index in [0.717, 1.165) is 22.8 Å². The van der Waals surface area contributed by atoms with E-state index in [1.807, 2.05) is 26.2 Å². The zero-order chi connectivity index (χ0) is 8.27. The molecule has 0 aliphatic heterocycles. The summed E-state index contributed by atoms with van der Waals surface area (Å²) < 4.78 is 0. The fourth-order valence-electron chi connectivity index (χ4n) is 0.859. The van der Waals surface area contributed by atoms with Gasteiger partial charge in [-0.05, 0) is 25.6 Å². The van der Waals surface area contributed by atoms with Gasteiger partial charge in [0.1, 0.15) is 0 Å². The van der Waals surface area contributed by atoms with Crippen LogP contribution >= 0.6 is 11.6 Å². The topological polar surface area (TPSA) is 24.9 Å². The van der Waals surface area contributed by atoms with Gasteiger partial charge in [-0.15, -0.1) is 0 Å². The van der Waals surface area contributed by atoms with Crippen molar-refractivity contribution >= 4 is 11.6 Å². The van der Waals surface area contributed by atoms with Crippen molar-refractivity contribution in [2.75, 3.05) is 7.05 Å². The van der Waals surface area contributed by atoms with Gasteiger partial charge in [0.25, 0.3) is 0 Å². The molecule has 0 saturated carbocycles. The van der Waals surface area contributed by atoms with Gasteiger partial charge in [0.15, 0.2) is 0 Å². The molecular weight excluding hydrogens is 160 g/mol. The van der Waals surface area contributed by atoms with Crippen LogP contribution in [0, 0.1) is 6.92 Å². The molecule has 0 amide bonds. The Morgan fingerprint density at radius 3 is 2.91 bits per heavy atom. The fourth-order valence-corrected chi connectivity index (χ4v) is 1.15. The number of nitrogens with zero attached hydrogens (tertiary/aromatic N) is 1. The van der Waals surface area contributed by atoms with E-state index < -0.39 is 0 Å². The summed E-state index contributed by atoms with van der Waals surface area (Å²) in [5, 5.41) is 3.73. The molecule has 1 N–H and O–H groups in total. The number of halogens is 1. The van der Waals surface area contributed by atoms with Gasteiger partial charge in [0.05, 0.1) is 10.7 Å². The average molecular weight is 171 g/mol. The number of hydrogen-bond acceptors (Lipinski definition) is 2. The minimum Gasteiger partial charge on any atom is -0.314 e. The van der Waals surface area contributed by atoms with Crippen LogP contribution in [0.25, 0.3) is 0 Å². The lowest BCUT2D eigenvalue weighted by Crippen LogP contribution is -2.07. The first-order chi connectivity index (χ1) is 5.24. The Kier molecular flexibility index (Phi) is 2.85. The number of hydrogen-bond donors (Lipinski definition) is 1. The lowest BCUT2D eigenvalue weighted by Gasteiger charge is -2.01. The van der Waals surface area contributed by atoms with Gasteiger partial charge in [-0.3, -0.25) is 4.98 Å². The monoisotopic (exact) mass is 170 g/mol. The Morgan fingerprint density at radius 1 is 1.64 bits per heavy atom. The molecule has 0 fully saturated rings. The highest BCUT2D eigenvalue weighted by Crippen LogP contribution is 2.13. The molecule has 2 nitrogen and oxygen atoms in total. The lowest BCUT2D eigenvalue weighted by atomic mass is 10.3. The summed E-state index contributed by atoms with van der Waals surface area (Å²) in [7, 11) is 1.87. The second-order valence-electron chi connectivity index (χ2n) is 2.47. The predicted octanol–water partition coefficient (Wildman–Crippen LogP) is 1.76. The van der Waals surface area contributed by atoms with Crippen LogP contribution in [0.15, 0.2) is 12.3 Å². The molecule has 11 heavy (non-hydrogen) atoms. The number of rotatable bonds is 2. The molecule has 3 heteroatoms. The summed E-state index contributed by atoms with van der Waals surface area (Å²) in [6.45, 7) is 2.70. The number of pyridine rings is 1. The highest BCUT2D eigenvalue weighted by molar-refractivity contribution is 6.31. The second kappa shape index (κ2) is 3.69. The van der Waals surface area contributed by atoms with Gasteiger partial charge in [-0.2, -0.15) is 0 Å². The molecule has 0 bridgehead atoms. The standard InChI is InChI=1S/C8H11ClN2/c1-6-3-7(9)8(5-10-2)11-4-6/h3-4,10H,5H2,1-2H3. The summed E-state index contributed by atoms with van der Waals surface area (Å²) in [5.41, 5.74) is 2.00. The largest absolute Gasteiger partial charge is 0.314 e. The lowest BCUT2D eigenvalue weighted by molar-refractivity contribution is 0.790. The zero-order valence-electron chi connectivity index (χ0n) is 6.69. The Hall–Kier alpha value is -0.600. The average Bonchev–Trinajstić information content (AvgIpc) is 1.95. The molecule has 1 heterocycles. The first-order valence-corrected chi connectivity index (χ1v) is 3.87. The van der Waals surface area contributed by atoms with E-state index in [1.165, 1.54) is 0 Å². The summed E-state index contributed by atoms with van der Waals surface area (Å²) in [4.78, 5) is 4.17. The van der Waals surface area contributed by atoms with Crippen molar-refractivity contribution in [2.24, 2.45) is 0 Å². The third-order valence-electron chi connectivity index (χ3n) is 1.40. The maximum absolute atomic E-state index is 5.91. The molecule has 0 aliphatic carbocycles. The second-order valence-corrected chi connectivity index (χ2v) is 2.88. The van der Waals surface area contributed by atoms with Gasteiger partial charge in [-0.1, -0.05) is 11.6 Å². The van der Waals surface area contributed by atoms with Crippen LogP contribution in [-0.2, 0) is 6.54 Å². The molecule has 0 atom stereocenters. The van der Waals surface area contributed by atoms with Crippen molar-refractivity contribution in [3.63, 3.8) is 0 Å². The van der Waals surface area contributed by atoms with Crippen LogP contribution in [0.1, 0.15) is 11.3 Å². The third-order valence-corrected chi connectivity index (χ3v) is 1.73. The van der Waals surface area contributed by atoms with Crippen LogP contribution in [0.5, 0.6) is 0 Å². The molecule has 0 unspecified atom stereocenters. The molecule has 0 saturated heterocycles. The van der Waals surface area contributed by atoms with Crippen molar-refractivity contribution in [3.05, 3.63) is 28.5 Å². The molecular formula is C8H11ClN2. The minimum absolute atomic E-state index is 0.721. The van der Waals surface area contributed by atoms with E-state index >= 15 is 0 Å². The number of nitrogens with one attached hydrogen (secondary N) is 1. The van der Waals surface area contributed by atoms with Crippen LogP contribution < -0.4 is 5.32 Å². The Balaban J connectivity index is 2.90. The van der Waals surface area contributed by atoms with Crippen LogP contribution in [0.2, 0.25) is 5.02 Å². The maximum atomic E-state index is 5.91. The van der Waals surface area contributed by atoms with Crippen molar-refractivity contribution in [1.29, 1.82) is 0 Å². The molecule has 0 radical (unpaired) electrons. The molecule has 0 aliphatic rings. The normalized spacial score (nSPS) is 10.1. The van der Waals surface area contributed by atoms with Gasteiger partial charge >= 0.3 is 0 Å². The molecule has 1 aromatic rings. The smallest absolute Gasteiger partial charge is 0.0727 e. The Labute approximate surface area is 71.6 Å². The minimum atomic E-state index is 0.721. The summed E-state index contributed by atoms with van der Waals surface area (Å²) >= 11 is 5.91. The van der Waals surface area contributed by atoms with Crippen molar-refractivity contribution in [1.82, 2.24) is 10.3 Å². The van der Waals surface area contributed by atoms with E-state index in [4.69, 9.17) is 11.6 Å². The third kappa shape index (κ3) is 2.17. The fraction of sp³-hybridized carbons (Fsp3) is 0.375. The van der Waals surface area contributed by atoms with Crippen LogP contribution in [0.3, 0.4) is 0 Å². The maximum Gasteiger partial charge on any atom is 0.0727 e. The summed E-state index contributed by atoms with van der Waals surface area (Å²) in [6.07, 6.45) is 1.82. The Bertz CT molecular complexity index is 248.